The molecule has 5 heteroatoms. The molecule has 0 aliphatic heterocycles. The molecule has 96 valence electrons. The number of aromatic nitrogens is 1. The van der Waals surface area contributed by atoms with Gasteiger partial charge in [-0.05, 0) is 30.7 Å². The molecule has 0 spiro atoms. The quantitative estimate of drug-likeness (QED) is 0.898. The minimum atomic E-state index is 0.0152. The molecule has 0 bridgehead atoms. The zero-order valence-corrected chi connectivity index (χ0v) is 11.1. The Balaban J connectivity index is 2.20. The molecule has 2 aromatic rings. The van der Waals surface area contributed by atoms with Crippen LogP contribution in [0.2, 0.25) is 5.02 Å². The lowest BCUT2D eigenvalue weighted by Crippen LogP contribution is -2.10. The van der Waals surface area contributed by atoms with E-state index in [-0.39, 0.29) is 6.04 Å². The van der Waals surface area contributed by atoms with Gasteiger partial charge in [0.15, 0.2) is 0 Å². The van der Waals surface area contributed by atoms with Crippen molar-refractivity contribution < 1.29 is 0 Å². The predicted molar refractivity (Wildman–Crippen MR) is 76.9 cm³/mol. The van der Waals surface area contributed by atoms with Crippen LogP contribution in [0.1, 0.15) is 24.1 Å². The van der Waals surface area contributed by atoms with Crippen LogP contribution in [0.15, 0.2) is 36.5 Å². The average molecular weight is 273 g/mol. The minimum absolute atomic E-state index is 0.0152. The monoisotopic (exact) mass is 272 g/mol. The average Bonchev–Trinajstić information content (AvgIpc) is 2.41. The predicted octanol–water partition coefficient (Wildman–Crippen LogP) is 3.36. The smallest absolute Gasteiger partial charge is 0.149 e. The molecule has 0 saturated heterocycles. The fourth-order valence-corrected chi connectivity index (χ4v) is 1.93. The van der Waals surface area contributed by atoms with E-state index in [2.05, 4.69) is 10.3 Å². The fraction of sp³-hybridized carbons (Fsp3) is 0.143. The number of nitrogen functional groups attached to an aromatic ring is 1. The summed E-state index contributed by atoms with van der Waals surface area (Å²) in [5, 5.41) is 12.7. The van der Waals surface area contributed by atoms with Crippen LogP contribution in [0.3, 0.4) is 0 Å². The Labute approximate surface area is 116 Å². The highest BCUT2D eigenvalue weighted by atomic mass is 35.5. The van der Waals surface area contributed by atoms with Crippen molar-refractivity contribution in [3.8, 4) is 6.07 Å². The summed E-state index contributed by atoms with van der Waals surface area (Å²) in [5.41, 5.74) is 7.79. The van der Waals surface area contributed by atoms with Crippen LogP contribution in [-0.2, 0) is 0 Å². The van der Waals surface area contributed by atoms with Crippen molar-refractivity contribution in [2.45, 2.75) is 13.0 Å². The van der Waals surface area contributed by atoms with Gasteiger partial charge in [-0.15, -0.1) is 0 Å². The van der Waals surface area contributed by atoms with Gasteiger partial charge in [-0.3, -0.25) is 0 Å². The topological polar surface area (TPSA) is 74.7 Å². The zero-order chi connectivity index (χ0) is 13.8. The molecule has 19 heavy (non-hydrogen) atoms. The Hall–Kier alpha value is -2.25. The lowest BCUT2D eigenvalue weighted by atomic mass is 10.1. The Morgan fingerprint density at radius 3 is 2.84 bits per heavy atom. The van der Waals surface area contributed by atoms with Crippen LogP contribution in [-0.4, -0.2) is 4.98 Å². The molecule has 1 heterocycles. The molecule has 0 fully saturated rings. The molecule has 0 aliphatic rings. The molecule has 1 aromatic heterocycles. The fourth-order valence-electron chi connectivity index (χ4n) is 1.73. The van der Waals surface area contributed by atoms with Crippen LogP contribution in [0.5, 0.6) is 0 Å². The summed E-state index contributed by atoms with van der Waals surface area (Å²) in [4.78, 5) is 4.15. The molecule has 2 rings (SSSR count). The van der Waals surface area contributed by atoms with Crippen molar-refractivity contribution in [1.29, 1.82) is 5.26 Å². The first-order chi connectivity index (χ1) is 9.10. The molecule has 0 radical (unpaired) electrons. The van der Waals surface area contributed by atoms with Crippen molar-refractivity contribution in [2.75, 3.05) is 11.1 Å². The lowest BCUT2D eigenvalue weighted by molar-refractivity contribution is 0.875. The molecule has 4 nitrogen and oxygen atoms in total. The van der Waals surface area contributed by atoms with Crippen molar-refractivity contribution in [3.05, 3.63) is 52.7 Å². The number of hydrogen-bond acceptors (Lipinski definition) is 4. The van der Waals surface area contributed by atoms with Crippen LogP contribution < -0.4 is 11.1 Å². The van der Waals surface area contributed by atoms with Crippen molar-refractivity contribution in [3.63, 3.8) is 0 Å². The zero-order valence-electron chi connectivity index (χ0n) is 10.4. The van der Waals surface area contributed by atoms with E-state index in [9.17, 15) is 0 Å². The largest absolute Gasteiger partial charge is 0.396 e. The van der Waals surface area contributed by atoms with E-state index in [0.29, 0.717) is 22.1 Å². The number of halogens is 1. The minimum Gasteiger partial charge on any atom is -0.396 e. The second-order valence-electron chi connectivity index (χ2n) is 4.19. The third kappa shape index (κ3) is 3.15. The molecule has 0 saturated carbocycles. The van der Waals surface area contributed by atoms with Crippen LogP contribution in [0.4, 0.5) is 11.5 Å². The number of rotatable bonds is 3. The molecule has 1 aromatic carbocycles. The third-order valence-electron chi connectivity index (χ3n) is 2.75. The second kappa shape index (κ2) is 5.59. The van der Waals surface area contributed by atoms with Crippen molar-refractivity contribution >= 4 is 23.1 Å². The number of nitriles is 1. The van der Waals surface area contributed by atoms with Crippen LogP contribution >= 0.6 is 11.6 Å². The summed E-state index contributed by atoms with van der Waals surface area (Å²) in [6, 6.07) is 11.2. The maximum atomic E-state index is 8.76. The molecule has 0 aliphatic carbocycles. The van der Waals surface area contributed by atoms with Gasteiger partial charge < -0.3 is 11.1 Å². The number of anilines is 2. The van der Waals surface area contributed by atoms with Gasteiger partial charge in [0.2, 0.25) is 0 Å². The van der Waals surface area contributed by atoms with Gasteiger partial charge in [0.05, 0.1) is 17.3 Å². The summed E-state index contributed by atoms with van der Waals surface area (Å²) in [5.74, 6) is 0.562. The van der Waals surface area contributed by atoms with E-state index in [4.69, 9.17) is 22.6 Å². The lowest BCUT2D eigenvalue weighted by Gasteiger charge is -2.16. The van der Waals surface area contributed by atoms with E-state index in [1.807, 2.05) is 37.3 Å². The van der Waals surface area contributed by atoms with Crippen molar-refractivity contribution in [1.82, 2.24) is 4.98 Å². The summed E-state index contributed by atoms with van der Waals surface area (Å²) < 4.78 is 0. The van der Waals surface area contributed by atoms with E-state index in [1.165, 1.54) is 6.20 Å². The third-order valence-corrected chi connectivity index (χ3v) is 2.98. The molecule has 1 unspecified atom stereocenters. The first-order valence-electron chi connectivity index (χ1n) is 5.78. The molecular weight excluding hydrogens is 260 g/mol. The second-order valence-corrected chi connectivity index (χ2v) is 4.63. The SMILES string of the molecule is CC(Nc1ncc(C#N)cc1N)c1cccc(Cl)c1. The van der Waals surface area contributed by atoms with E-state index in [0.717, 1.165) is 5.56 Å². The maximum absolute atomic E-state index is 8.76. The molecule has 3 N–H and O–H groups in total. The number of hydrogen-bond donors (Lipinski definition) is 2. The number of nitrogens with two attached hydrogens (primary N) is 1. The first-order valence-corrected chi connectivity index (χ1v) is 6.15. The Morgan fingerprint density at radius 2 is 2.21 bits per heavy atom. The van der Waals surface area contributed by atoms with E-state index in [1.54, 1.807) is 6.07 Å². The van der Waals surface area contributed by atoms with Gasteiger partial charge in [-0.1, -0.05) is 23.7 Å². The van der Waals surface area contributed by atoms with Crippen LogP contribution in [0, 0.1) is 11.3 Å². The normalized spacial score (nSPS) is 11.6. The summed E-state index contributed by atoms with van der Waals surface area (Å²) in [6.45, 7) is 1.99. The first kappa shape index (κ1) is 13.2. The standard InChI is InChI=1S/C14H13ClN4/c1-9(11-3-2-4-12(15)6-11)19-14-13(17)5-10(7-16)8-18-14/h2-6,8-9H,17H2,1H3,(H,18,19). The number of nitrogens with zero attached hydrogens (tertiary/aromatic N) is 2. The molecule has 1 atom stereocenters. The molecular formula is C14H13ClN4. The summed E-state index contributed by atoms with van der Waals surface area (Å²) in [7, 11) is 0. The van der Waals surface area contributed by atoms with Gasteiger partial charge in [0.1, 0.15) is 11.9 Å². The molecule has 0 amide bonds. The number of benzene rings is 1. The highest BCUT2D eigenvalue weighted by Crippen LogP contribution is 2.24. The maximum Gasteiger partial charge on any atom is 0.149 e. The van der Waals surface area contributed by atoms with Gasteiger partial charge in [-0.25, -0.2) is 4.98 Å². The van der Waals surface area contributed by atoms with E-state index < -0.39 is 0 Å². The highest BCUT2D eigenvalue weighted by Gasteiger charge is 2.09. The Morgan fingerprint density at radius 1 is 1.42 bits per heavy atom. The van der Waals surface area contributed by atoms with Crippen molar-refractivity contribution in [2.24, 2.45) is 0 Å². The highest BCUT2D eigenvalue weighted by molar-refractivity contribution is 6.30. The number of nitrogens with one attached hydrogen (secondary N) is 1. The number of pyridine rings is 1. The van der Waals surface area contributed by atoms with Gasteiger partial charge in [0, 0.05) is 11.2 Å². The van der Waals surface area contributed by atoms with E-state index >= 15 is 0 Å². The summed E-state index contributed by atoms with van der Waals surface area (Å²) >= 11 is 5.96. The Bertz CT molecular complexity index is 634. The summed E-state index contributed by atoms with van der Waals surface area (Å²) in [6.07, 6.45) is 1.49. The van der Waals surface area contributed by atoms with Gasteiger partial charge >= 0.3 is 0 Å². The Kier molecular flexibility index (Phi) is 3.88. The van der Waals surface area contributed by atoms with Crippen LogP contribution in [0.25, 0.3) is 0 Å². The van der Waals surface area contributed by atoms with Gasteiger partial charge in [-0.2, -0.15) is 5.26 Å². The van der Waals surface area contributed by atoms with Gasteiger partial charge in [0.25, 0.3) is 0 Å².